The minimum Gasteiger partial charge on any atom is -0.383 e. The van der Waals surface area contributed by atoms with Crippen LogP contribution in [-0.4, -0.2) is 29.3 Å². The fraction of sp³-hybridized carbons (Fsp3) is 0.750. The van der Waals surface area contributed by atoms with Crippen molar-refractivity contribution >= 4 is 5.95 Å². The van der Waals surface area contributed by atoms with Gasteiger partial charge in [0.15, 0.2) is 0 Å². The molecule has 0 spiro atoms. The van der Waals surface area contributed by atoms with Crippen LogP contribution < -0.4 is 5.32 Å². The van der Waals surface area contributed by atoms with Crippen LogP contribution in [0.15, 0.2) is 12.4 Å². The normalized spacial score (nSPS) is 17.8. The smallest absolute Gasteiger partial charge is 0.203 e. The Kier molecular flexibility index (Phi) is 3.49. The molecule has 0 amide bonds. The molecule has 90 valence electrons. The summed E-state index contributed by atoms with van der Waals surface area (Å²) in [5, 5.41) is 3.48. The molecule has 1 aromatic rings. The molecule has 1 aromatic heterocycles. The lowest BCUT2D eigenvalue weighted by molar-refractivity contribution is 0.170. The maximum Gasteiger partial charge on any atom is 0.203 e. The van der Waals surface area contributed by atoms with Crippen LogP contribution in [0.25, 0.3) is 0 Å². The van der Waals surface area contributed by atoms with Crippen molar-refractivity contribution in [3.8, 4) is 0 Å². The number of hydrogen-bond acceptors (Lipinski definition) is 3. The average Bonchev–Trinajstić information content (AvgIpc) is 2.99. The fourth-order valence-corrected chi connectivity index (χ4v) is 1.82. The van der Waals surface area contributed by atoms with Crippen LogP contribution in [0.4, 0.5) is 5.95 Å². The Labute approximate surface area is 97.0 Å². The van der Waals surface area contributed by atoms with E-state index in [2.05, 4.69) is 34.9 Å². The summed E-state index contributed by atoms with van der Waals surface area (Å²) in [5.74, 6) is 1.52. The zero-order valence-electron chi connectivity index (χ0n) is 10.3. The van der Waals surface area contributed by atoms with Gasteiger partial charge in [-0.1, -0.05) is 13.8 Å². The molecule has 0 radical (unpaired) electrons. The van der Waals surface area contributed by atoms with Gasteiger partial charge in [-0.15, -0.1) is 0 Å². The van der Waals surface area contributed by atoms with E-state index in [4.69, 9.17) is 4.74 Å². The predicted molar refractivity (Wildman–Crippen MR) is 64.6 cm³/mol. The molecule has 1 aliphatic rings. The summed E-state index contributed by atoms with van der Waals surface area (Å²) in [6.45, 7) is 5.11. The van der Waals surface area contributed by atoms with Gasteiger partial charge in [-0.2, -0.15) is 0 Å². The number of anilines is 1. The van der Waals surface area contributed by atoms with Crippen LogP contribution >= 0.6 is 0 Å². The van der Waals surface area contributed by atoms with E-state index in [0.717, 1.165) is 12.6 Å². The van der Waals surface area contributed by atoms with Gasteiger partial charge in [-0.25, -0.2) is 4.98 Å². The minimum atomic E-state index is 0.324. The highest BCUT2D eigenvalue weighted by molar-refractivity contribution is 5.29. The average molecular weight is 223 g/mol. The summed E-state index contributed by atoms with van der Waals surface area (Å²) in [6.07, 6.45) is 6.48. The maximum atomic E-state index is 5.23. The molecule has 1 atom stereocenters. The predicted octanol–water partition coefficient (Wildman–Crippen LogP) is 2.30. The summed E-state index contributed by atoms with van der Waals surface area (Å²) in [4.78, 5) is 4.38. The third-order valence-electron chi connectivity index (χ3n) is 3.07. The summed E-state index contributed by atoms with van der Waals surface area (Å²) in [6, 6.07) is 0.991. The highest BCUT2D eigenvalue weighted by Crippen LogP contribution is 2.36. The molecule has 16 heavy (non-hydrogen) atoms. The first-order valence-corrected chi connectivity index (χ1v) is 6.00. The monoisotopic (exact) mass is 223 g/mol. The highest BCUT2D eigenvalue weighted by Gasteiger charge is 2.26. The van der Waals surface area contributed by atoms with Crippen LogP contribution in [0.2, 0.25) is 0 Å². The SMILES string of the molecule is COCC(Nc1nccn1C1CC1)C(C)C. The van der Waals surface area contributed by atoms with Crippen LogP contribution in [-0.2, 0) is 4.74 Å². The van der Waals surface area contributed by atoms with Gasteiger partial charge in [0.2, 0.25) is 5.95 Å². The zero-order chi connectivity index (χ0) is 11.5. The van der Waals surface area contributed by atoms with Crippen LogP contribution in [0.5, 0.6) is 0 Å². The Balaban J connectivity index is 2.02. The van der Waals surface area contributed by atoms with Gasteiger partial charge >= 0.3 is 0 Å². The van der Waals surface area contributed by atoms with Gasteiger partial charge in [-0.05, 0) is 18.8 Å². The molecule has 1 fully saturated rings. The molecule has 1 heterocycles. The van der Waals surface area contributed by atoms with E-state index >= 15 is 0 Å². The molecule has 4 heteroatoms. The van der Waals surface area contributed by atoms with E-state index in [0.29, 0.717) is 18.0 Å². The number of ether oxygens (including phenoxy) is 1. The molecule has 0 aliphatic heterocycles. The van der Waals surface area contributed by atoms with E-state index in [9.17, 15) is 0 Å². The number of rotatable bonds is 6. The highest BCUT2D eigenvalue weighted by atomic mass is 16.5. The van der Waals surface area contributed by atoms with Crippen molar-refractivity contribution in [2.75, 3.05) is 19.0 Å². The second-order valence-electron chi connectivity index (χ2n) is 4.84. The first-order valence-electron chi connectivity index (χ1n) is 6.00. The van der Waals surface area contributed by atoms with E-state index in [-0.39, 0.29) is 0 Å². The number of imidazole rings is 1. The second kappa shape index (κ2) is 4.87. The van der Waals surface area contributed by atoms with Crippen molar-refractivity contribution in [1.29, 1.82) is 0 Å². The van der Waals surface area contributed by atoms with Crippen molar-refractivity contribution in [2.45, 2.75) is 38.8 Å². The lowest BCUT2D eigenvalue weighted by Crippen LogP contribution is -2.31. The zero-order valence-corrected chi connectivity index (χ0v) is 10.3. The molecule has 0 bridgehead atoms. The molecule has 2 rings (SSSR count). The number of nitrogens with one attached hydrogen (secondary N) is 1. The third kappa shape index (κ3) is 2.55. The largest absolute Gasteiger partial charge is 0.383 e. The number of hydrogen-bond donors (Lipinski definition) is 1. The van der Waals surface area contributed by atoms with Crippen LogP contribution in [0.3, 0.4) is 0 Å². The first kappa shape index (κ1) is 11.5. The fourth-order valence-electron chi connectivity index (χ4n) is 1.82. The molecule has 0 saturated heterocycles. The van der Waals surface area contributed by atoms with Gasteiger partial charge in [0, 0.05) is 25.5 Å². The third-order valence-corrected chi connectivity index (χ3v) is 3.07. The van der Waals surface area contributed by atoms with Crippen LogP contribution in [0, 0.1) is 5.92 Å². The standard InChI is InChI=1S/C12H21N3O/c1-9(2)11(8-16-3)14-12-13-6-7-15(12)10-4-5-10/h6-7,9-11H,4-5,8H2,1-3H3,(H,13,14). The van der Waals surface area contributed by atoms with E-state index in [1.54, 1.807) is 7.11 Å². The second-order valence-corrected chi connectivity index (χ2v) is 4.84. The lowest BCUT2D eigenvalue weighted by atomic mass is 10.1. The molecular weight excluding hydrogens is 202 g/mol. The molecule has 1 unspecified atom stereocenters. The Morgan fingerprint density at radius 1 is 1.56 bits per heavy atom. The van der Waals surface area contributed by atoms with Gasteiger partial charge in [-0.3, -0.25) is 0 Å². The van der Waals surface area contributed by atoms with Crippen LogP contribution in [0.1, 0.15) is 32.7 Å². The topological polar surface area (TPSA) is 39.1 Å². The summed E-state index contributed by atoms with van der Waals surface area (Å²) < 4.78 is 7.47. The van der Waals surface area contributed by atoms with Crippen molar-refractivity contribution in [1.82, 2.24) is 9.55 Å². The van der Waals surface area contributed by atoms with Gasteiger partial charge in [0.25, 0.3) is 0 Å². The number of aromatic nitrogens is 2. The Hall–Kier alpha value is -1.03. The number of methoxy groups -OCH3 is 1. The van der Waals surface area contributed by atoms with Gasteiger partial charge < -0.3 is 14.6 Å². The van der Waals surface area contributed by atoms with Crippen molar-refractivity contribution in [2.24, 2.45) is 5.92 Å². The van der Waals surface area contributed by atoms with Crippen molar-refractivity contribution < 1.29 is 4.74 Å². The molecular formula is C12H21N3O. The molecule has 1 aliphatic carbocycles. The maximum absolute atomic E-state index is 5.23. The Morgan fingerprint density at radius 3 is 2.88 bits per heavy atom. The molecule has 1 saturated carbocycles. The number of nitrogens with zero attached hydrogens (tertiary/aromatic N) is 2. The lowest BCUT2D eigenvalue weighted by Gasteiger charge is -2.22. The van der Waals surface area contributed by atoms with E-state index in [1.165, 1.54) is 12.8 Å². The Morgan fingerprint density at radius 2 is 2.31 bits per heavy atom. The Bertz CT molecular complexity index is 331. The summed E-state index contributed by atoms with van der Waals surface area (Å²) in [7, 11) is 1.74. The van der Waals surface area contributed by atoms with Crippen molar-refractivity contribution in [3.05, 3.63) is 12.4 Å². The van der Waals surface area contributed by atoms with Gasteiger partial charge in [0.05, 0.1) is 12.6 Å². The molecule has 0 aromatic carbocycles. The van der Waals surface area contributed by atoms with Gasteiger partial charge in [0.1, 0.15) is 0 Å². The van der Waals surface area contributed by atoms with Crippen molar-refractivity contribution in [3.63, 3.8) is 0 Å². The molecule has 1 N–H and O–H groups in total. The first-order chi connectivity index (χ1) is 7.72. The quantitative estimate of drug-likeness (QED) is 0.804. The van der Waals surface area contributed by atoms with E-state index in [1.807, 2.05) is 6.20 Å². The minimum absolute atomic E-state index is 0.324. The summed E-state index contributed by atoms with van der Waals surface area (Å²) in [5.41, 5.74) is 0. The van der Waals surface area contributed by atoms with E-state index < -0.39 is 0 Å². The molecule has 4 nitrogen and oxygen atoms in total. The summed E-state index contributed by atoms with van der Waals surface area (Å²) >= 11 is 0.